The molecule has 1 aliphatic heterocycles. The smallest absolute Gasteiger partial charge is 0.161 e. The van der Waals surface area contributed by atoms with Crippen molar-refractivity contribution in [3.63, 3.8) is 0 Å². The molecule has 4 heteroatoms. The maximum Gasteiger partial charge on any atom is 0.161 e. The molecule has 0 unspecified atom stereocenters. The van der Waals surface area contributed by atoms with Crippen LogP contribution in [0.25, 0.3) is 10.8 Å². The molecular weight excluding hydrogens is 378 g/mol. The van der Waals surface area contributed by atoms with Crippen LogP contribution in [0.3, 0.4) is 0 Å². The van der Waals surface area contributed by atoms with Gasteiger partial charge in [0.1, 0.15) is 11.6 Å². The van der Waals surface area contributed by atoms with Gasteiger partial charge < -0.3 is 14.4 Å². The second-order valence-corrected chi connectivity index (χ2v) is 7.76. The van der Waals surface area contributed by atoms with Gasteiger partial charge in [0.2, 0.25) is 0 Å². The third kappa shape index (κ3) is 4.54. The zero-order valence-corrected chi connectivity index (χ0v) is 17.7. The maximum atomic E-state index is 6.18. The molecule has 3 nitrogen and oxygen atoms in total. The number of fused-ring (bicyclic) bond motifs is 1. The highest BCUT2D eigenvalue weighted by Crippen LogP contribution is 2.31. The first kappa shape index (κ1) is 19.7. The van der Waals surface area contributed by atoms with E-state index >= 15 is 0 Å². The van der Waals surface area contributed by atoms with E-state index in [4.69, 9.17) is 21.7 Å². The number of hydrogen-bond acceptors (Lipinski definition) is 3. The standard InChI is InChI=1S/C25H27NO2S/c1-2-27-24-17-20(25(29)26-15-6-3-7-16-26)13-14-23(24)28-18-21-11-8-10-19-9-4-5-12-22(19)21/h4-5,8-14,17H,2-3,6-7,15-16,18H2,1H3. The van der Waals surface area contributed by atoms with Crippen molar-refractivity contribution >= 4 is 28.0 Å². The van der Waals surface area contributed by atoms with Crippen molar-refractivity contribution in [1.29, 1.82) is 0 Å². The van der Waals surface area contributed by atoms with Gasteiger partial charge in [0.25, 0.3) is 0 Å². The summed E-state index contributed by atoms with van der Waals surface area (Å²) in [5, 5.41) is 2.44. The van der Waals surface area contributed by atoms with Gasteiger partial charge in [0, 0.05) is 18.7 Å². The first-order valence-electron chi connectivity index (χ1n) is 10.4. The molecule has 0 aromatic heterocycles. The minimum atomic E-state index is 0.497. The molecule has 150 valence electrons. The fraction of sp³-hybridized carbons (Fsp3) is 0.320. The lowest BCUT2D eigenvalue weighted by Crippen LogP contribution is -2.34. The minimum absolute atomic E-state index is 0.497. The predicted octanol–water partition coefficient (Wildman–Crippen LogP) is 5.98. The molecule has 0 N–H and O–H groups in total. The average Bonchev–Trinajstić information content (AvgIpc) is 2.78. The highest BCUT2D eigenvalue weighted by Gasteiger charge is 2.17. The van der Waals surface area contributed by atoms with Crippen LogP contribution in [0.2, 0.25) is 0 Å². The summed E-state index contributed by atoms with van der Waals surface area (Å²) in [7, 11) is 0. The summed E-state index contributed by atoms with van der Waals surface area (Å²) < 4.78 is 12.1. The van der Waals surface area contributed by atoms with Gasteiger partial charge in [-0.15, -0.1) is 0 Å². The molecule has 3 aromatic carbocycles. The number of ether oxygens (including phenoxy) is 2. The fourth-order valence-electron chi connectivity index (χ4n) is 3.88. The molecule has 0 bridgehead atoms. The van der Waals surface area contributed by atoms with Gasteiger partial charge in [-0.3, -0.25) is 0 Å². The van der Waals surface area contributed by atoms with Gasteiger partial charge in [0.05, 0.1) is 6.61 Å². The topological polar surface area (TPSA) is 21.7 Å². The Bertz CT molecular complexity index is 990. The Labute approximate surface area is 178 Å². The third-order valence-corrected chi connectivity index (χ3v) is 5.89. The third-order valence-electron chi connectivity index (χ3n) is 5.40. The summed E-state index contributed by atoms with van der Waals surface area (Å²) >= 11 is 5.75. The van der Waals surface area contributed by atoms with Gasteiger partial charge in [0.15, 0.2) is 11.5 Å². The van der Waals surface area contributed by atoms with Crippen LogP contribution < -0.4 is 9.47 Å². The van der Waals surface area contributed by atoms with E-state index < -0.39 is 0 Å². The van der Waals surface area contributed by atoms with Crippen LogP contribution in [-0.4, -0.2) is 29.6 Å². The van der Waals surface area contributed by atoms with E-state index in [0.29, 0.717) is 13.2 Å². The number of thiocarbonyl (C=S) groups is 1. The number of rotatable bonds is 6. The van der Waals surface area contributed by atoms with Crippen LogP contribution in [0, 0.1) is 0 Å². The van der Waals surface area contributed by atoms with Crippen molar-refractivity contribution in [2.45, 2.75) is 32.8 Å². The Balaban J connectivity index is 1.54. The second-order valence-electron chi connectivity index (χ2n) is 7.37. The van der Waals surface area contributed by atoms with E-state index in [1.54, 1.807) is 0 Å². The Hall–Kier alpha value is -2.59. The minimum Gasteiger partial charge on any atom is -0.490 e. The lowest BCUT2D eigenvalue weighted by atomic mass is 10.1. The van der Waals surface area contributed by atoms with Crippen LogP contribution in [0.4, 0.5) is 0 Å². The summed E-state index contributed by atoms with van der Waals surface area (Å²) in [4.78, 5) is 3.21. The van der Waals surface area contributed by atoms with E-state index in [1.165, 1.54) is 35.6 Å². The zero-order valence-electron chi connectivity index (χ0n) is 16.9. The Kier molecular flexibility index (Phi) is 6.30. The Morgan fingerprint density at radius 3 is 2.52 bits per heavy atom. The number of nitrogens with zero attached hydrogens (tertiary/aromatic N) is 1. The largest absolute Gasteiger partial charge is 0.490 e. The molecule has 4 rings (SSSR count). The van der Waals surface area contributed by atoms with Crippen LogP contribution in [0.15, 0.2) is 60.7 Å². The molecule has 1 aliphatic rings. The normalized spacial score (nSPS) is 14.0. The van der Waals surface area contributed by atoms with E-state index in [0.717, 1.165) is 35.1 Å². The molecule has 0 aliphatic carbocycles. The number of likely N-dealkylation sites (tertiary alicyclic amines) is 1. The highest BCUT2D eigenvalue weighted by molar-refractivity contribution is 7.80. The van der Waals surface area contributed by atoms with Crippen molar-refractivity contribution in [3.05, 3.63) is 71.8 Å². The molecule has 0 spiro atoms. The summed E-state index contributed by atoms with van der Waals surface area (Å²) in [6.45, 7) is 5.16. The lowest BCUT2D eigenvalue weighted by molar-refractivity contribution is 0.270. The molecule has 0 radical (unpaired) electrons. The number of piperidine rings is 1. The van der Waals surface area contributed by atoms with Crippen LogP contribution >= 0.6 is 12.2 Å². The van der Waals surface area contributed by atoms with Crippen molar-refractivity contribution in [3.8, 4) is 11.5 Å². The first-order chi connectivity index (χ1) is 14.3. The predicted molar refractivity (Wildman–Crippen MR) is 123 cm³/mol. The SMILES string of the molecule is CCOc1cc(C(=S)N2CCCCC2)ccc1OCc1cccc2ccccc12. The van der Waals surface area contributed by atoms with E-state index in [9.17, 15) is 0 Å². The van der Waals surface area contributed by atoms with Crippen LogP contribution in [0.1, 0.15) is 37.3 Å². The Morgan fingerprint density at radius 1 is 0.897 bits per heavy atom. The fourth-order valence-corrected chi connectivity index (χ4v) is 4.19. The monoisotopic (exact) mass is 405 g/mol. The second kappa shape index (κ2) is 9.27. The van der Waals surface area contributed by atoms with Crippen molar-refractivity contribution < 1.29 is 9.47 Å². The van der Waals surface area contributed by atoms with Gasteiger partial charge >= 0.3 is 0 Å². The van der Waals surface area contributed by atoms with Crippen molar-refractivity contribution in [2.24, 2.45) is 0 Å². The van der Waals surface area contributed by atoms with Gasteiger partial charge in [-0.2, -0.15) is 0 Å². The Morgan fingerprint density at radius 2 is 1.69 bits per heavy atom. The summed E-state index contributed by atoms with van der Waals surface area (Å²) in [6.07, 6.45) is 3.72. The molecule has 0 atom stereocenters. The van der Waals surface area contributed by atoms with E-state index in [-0.39, 0.29) is 0 Å². The summed E-state index contributed by atoms with van der Waals surface area (Å²) in [6, 6.07) is 20.8. The van der Waals surface area contributed by atoms with Gasteiger partial charge in [-0.05, 0) is 60.7 Å². The molecule has 1 saturated heterocycles. The average molecular weight is 406 g/mol. The lowest BCUT2D eigenvalue weighted by Gasteiger charge is -2.29. The molecule has 1 fully saturated rings. The van der Waals surface area contributed by atoms with E-state index in [2.05, 4.69) is 53.4 Å². The molecular formula is C25H27NO2S. The highest BCUT2D eigenvalue weighted by atomic mass is 32.1. The van der Waals surface area contributed by atoms with Gasteiger partial charge in [-0.25, -0.2) is 0 Å². The van der Waals surface area contributed by atoms with Crippen molar-refractivity contribution in [1.82, 2.24) is 4.90 Å². The molecule has 0 saturated carbocycles. The zero-order chi connectivity index (χ0) is 20.1. The number of benzene rings is 3. The van der Waals surface area contributed by atoms with Crippen molar-refractivity contribution in [2.75, 3.05) is 19.7 Å². The summed E-state index contributed by atoms with van der Waals surface area (Å²) in [5.74, 6) is 1.51. The number of hydrogen-bond donors (Lipinski definition) is 0. The van der Waals surface area contributed by atoms with E-state index in [1.807, 2.05) is 19.1 Å². The van der Waals surface area contributed by atoms with Crippen LogP contribution in [-0.2, 0) is 6.61 Å². The van der Waals surface area contributed by atoms with Gasteiger partial charge in [-0.1, -0.05) is 54.7 Å². The maximum absolute atomic E-state index is 6.18. The molecule has 1 heterocycles. The summed E-state index contributed by atoms with van der Waals surface area (Å²) in [5.41, 5.74) is 2.20. The quantitative estimate of drug-likeness (QED) is 0.470. The molecule has 29 heavy (non-hydrogen) atoms. The first-order valence-corrected chi connectivity index (χ1v) is 10.8. The molecule has 0 amide bonds. The van der Waals surface area contributed by atoms with Crippen LogP contribution in [0.5, 0.6) is 11.5 Å². The molecule has 3 aromatic rings.